The van der Waals surface area contributed by atoms with E-state index in [1.165, 1.54) is 0 Å². The lowest BCUT2D eigenvalue weighted by Crippen LogP contribution is -1.99. The Morgan fingerprint density at radius 1 is 0.800 bits per heavy atom. The highest BCUT2D eigenvalue weighted by atomic mass is 16.1. The Balaban J connectivity index is 2.39. The van der Waals surface area contributed by atoms with Gasteiger partial charge in [-0.2, -0.15) is 0 Å². The molecule has 2 amide bonds. The highest BCUT2D eigenvalue weighted by Crippen LogP contribution is 2.30. The number of hydrogen-bond acceptors (Lipinski definition) is 2. The average molecular weight is 268 g/mol. The lowest BCUT2D eigenvalue weighted by atomic mass is 9.95. The number of anilines is 2. The van der Waals surface area contributed by atoms with E-state index in [1.54, 1.807) is 0 Å². The van der Waals surface area contributed by atoms with Crippen molar-refractivity contribution in [2.24, 2.45) is 0 Å². The van der Waals surface area contributed by atoms with Gasteiger partial charge in [-0.15, -0.1) is 0 Å². The quantitative estimate of drug-likeness (QED) is 0.819. The van der Waals surface area contributed by atoms with Crippen LogP contribution in [0.5, 0.6) is 0 Å². The third-order valence-corrected chi connectivity index (χ3v) is 3.42. The molecular formula is C16H16N2O2. The fourth-order valence-corrected chi connectivity index (χ4v) is 2.17. The van der Waals surface area contributed by atoms with Gasteiger partial charge in [0.15, 0.2) is 0 Å². The second kappa shape index (κ2) is 6.02. The van der Waals surface area contributed by atoms with Crippen molar-refractivity contribution in [3.05, 3.63) is 47.5 Å². The molecule has 0 aliphatic rings. The summed E-state index contributed by atoms with van der Waals surface area (Å²) in [5, 5.41) is 5.30. The van der Waals surface area contributed by atoms with Gasteiger partial charge in [0.05, 0.1) is 0 Å². The Morgan fingerprint density at radius 2 is 1.45 bits per heavy atom. The van der Waals surface area contributed by atoms with Crippen molar-refractivity contribution >= 4 is 24.2 Å². The topological polar surface area (TPSA) is 58.2 Å². The SMILES string of the molecule is Cc1c(NC=O)ccc(-c2ccc(NC=O)cc2)c1C. The van der Waals surface area contributed by atoms with Gasteiger partial charge in [0.25, 0.3) is 0 Å². The van der Waals surface area contributed by atoms with E-state index < -0.39 is 0 Å². The summed E-state index contributed by atoms with van der Waals surface area (Å²) >= 11 is 0. The van der Waals surface area contributed by atoms with Crippen LogP contribution in [0.2, 0.25) is 0 Å². The molecule has 0 spiro atoms. The van der Waals surface area contributed by atoms with Crippen LogP contribution in [-0.4, -0.2) is 12.8 Å². The molecule has 0 fully saturated rings. The highest BCUT2D eigenvalue weighted by molar-refractivity contribution is 5.80. The second-order valence-corrected chi connectivity index (χ2v) is 4.51. The van der Waals surface area contributed by atoms with Crippen LogP contribution in [-0.2, 0) is 9.59 Å². The van der Waals surface area contributed by atoms with Gasteiger partial charge in [-0.3, -0.25) is 9.59 Å². The average Bonchev–Trinajstić information content (AvgIpc) is 2.46. The van der Waals surface area contributed by atoms with Gasteiger partial charge >= 0.3 is 0 Å². The molecule has 4 nitrogen and oxygen atoms in total. The molecule has 2 N–H and O–H groups in total. The second-order valence-electron chi connectivity index (χ2n) is 4.51. The first kappa shape index (κ1) is 13.8. The lowest BCUT2D eigenvalue weighted by molar-refractivity contribution is -0.106. The smallest absolute Gasteiger partial charge is 0.211 e. The lowest BCUT2D eigenvalue weighted by Gasteiger charge is -2.13. The zero-order valence-electron chi connectivity index (χ0n) is 11.4. The molecule has 0 aliphatic carbocycles. The van der Waals surface area contributed by atoms with Gasteiger partial charge < -0.3 is 10.6 Å². The number of carbonyl (C=O) groups excluding carboxylic acids is 2. The minimum atomic E-state index is 0.657. The van der Waals surface area contributed by atoms with Crippen LogP contribution < -0.4 is 10.6 Å². The molecule has 102 valence electrons. The summed E-state index contributed by atoms with van der Waals surface area (Å²) in [4.78, 5) is 20.9. The number of carbonyl (C=O) groups is 2. The van der Waals surface area contributed by atoms with Gasteiger partial charge in [0.2, 0.25) is 12.8 Å². The van der Waals surface area contributed by atoms with Crippen molar-refractivity contribution < 1.29 is 9.59 Å². The largest absolute Gasteiger partial charge is 0.329 e. The van der Waals surface area contributed by atoms with E-state index in [0.717, 1.165) is 33.6 Å². The Kier molecular flexibility index (Phi) is 4.15. The van der Waals surface area contributed by atoms with Crippen LogP contribution in [0.3, 0.4) is 0 Å². The van der Waals surface area contributed by atoms with Crippen LogP contribution in [0.15, 0.2) is 36.4 Å². The van der Waals surface area contributed by atoms with E-state index in [0.29, 0.717) is 12.8 Å². The highest BCUT2D eigenvalue weighted by Gasteiger charge is 2.07. The summed E-state index contributed by atoms with van der Waals surface area (Å²) in [6.07, 6.45) is 1.34. The Bertz CT molecular complexity index is 634. The summed E-state index contributed by atoms with van der Waals surface area (Å²) in [6.45, 7) is 4.01. The zero-order valence-corrected chi connectivity index (χ0v) is 11.4. The fourth-order valence-electron chi connectivity index (χ4n) is 2.17. The van der Waals surface area contributed by atoms with Crippen molar-refractivity contribution in [3.8, 4) is 11.1 Å². The predicted octanol–water partition coefficient (Wildman–Crippen LogP) is 3.11. The van der Waals surface area contributed by atoms with Crippen LogP contribution >= 0.6 is 0 Å². The van der Waals surface area contributed by atoms with Gasteiger partial charge in [0.1, 0.15) is 0 Å². The number of hydrogen-bond donors (Lipinski definition) is 2. The predicted molar refractivity (Wildman–Crippen MR) is 80.7 cm³/mol. The summed E-state index contributed by atoms with van der Waals surface area (Å²) in [6, 6.07) is 11.5. The first-order valence-corrected chi connectivity index (χ1v) is 6.28. The third-order valence-electron chi connectivity index (χ3n) is 3.42. The molecule has 2 rings (SSSR count). The van der Waals surface area contributed by atoms with E-state index in [4.69, 9.17) is 0 Å². The number of nitrogens with one attached hydrogen (secondary N) is 2. The molecule has 0 bridgehead atoms. The Morgan fingerprint density at radius 3 is 2.05 bits per heavy atom. The van der Waals surface area contributed by atoms with Crippen LogP contribution in [0.4, 0.5) is 11.4 Å². The summed E-state index contributed by atoms with van der Waals surface area (Å²) < 4.78 is 0. The molecule has 0 radical (unpaired) electrons. The van der Waals surface area contributed by atoms with Crippen LogP contribution in [0.1, 0.15) is 11.1 Å². The molecule has 0 saturated heterocycles. The Labute approximate surface area is 117 Å². The molecule has 2 aromatic carbocycles. The van der Waals surface area contributed by atoms with Crippen LogP contribution in [0, 0.1) is 13.8 Å². The van der Waals surface area contributed by atoms with E-state index in [-0.39, 0.29) is 0 Å². The maximum Gasteiger partial charge on any atom is 0.211 e. The van der Waals surface area contributed by atoms with E-state index >= 15 is 0 Å². The van der Waals surface area contributed by atoms with Crippen molar-refractivity contribution in [1.29, 1.82) is 0 Å². The van der Waals surface area contributed by atoms with Gasteiger partial charge in [0, 0.05) is 11.4 Å². The van der Waals surface area contributed by atoms with E-state index in [1.807, 2.05) is 50.2 Å². The molecule has 20 heavy (non-hydrogen) atoms. The molecule has 0 saturated carbocycles. The van der Waals surface area contributed by atoms with E-state index in [9.17, 15) is 9.59 Å². The number of benzene rings is 2. The Hall–Kier alpha value is -2.62. The number of amides is 2. The fraction of sp³-hybridized carbons (Fsp3) is 0.125. The molecule has 0 aromatic heterocycles. The van der Waals surface area contributed by atoms with Crippen molar-refractivity contribution in [2.75, 3.05) is 10.6 Å². The molecule has 2 aromatic rings. The molecule has 0 heterocycles. The van der Waals surface area contributed by atoms with Crippen LogP contribution in [0.25, 0.3) is 11.1 Å². The van der Waals surface area contributed by atoms with Gasteiger partial charge in [-0.1, -0.05) is 18.2 Å². The minimum Gasteiger partial charge on any atom is -0.329 e. The van der Waals surface area contributed by atoms with Gasteiger partial charge in [-0.05, 0) is 54.3 Å². The monoisotopic (exact) mass is 268 g/mol. The molecule has 0 aliphatic heterocycles. The zero-order chi connectivity index (χ0) is 14.5. The van der Waals surface area contributed by atoms with Gasteiger partial charge in [-0.25, -0.2) is 0 Å². The maximum atomic E-state index is 10.5. The first-order chi connectivity index (χ1) is 9.67. The third kappa shape index (κ3) is 2.69. The molecule has 0 unspecified atom stereocenters. The van der Waals surface area contributed by atoms with Crippen molar-refractivity contribution in [1.82, 2.24) is 0 Å². The standard InChI is InChI=1S/C16H16N2O2/c1-11-12(2)16(18-10-20)8-7-15(11)13-3-5-14(6-4-13)17-9-19/h3-10H,1-2H3,(H,17,19)(H,18,20). The summed E-state index contributed by atoms with van der Waals surface area (Å²) in [5.41, 5.74) is 5.92. The van der Waals surface area contributed by atoms with Crippen molar-refractivity contribution in [3.63, 3.8) is 0 Å². The molecule has 0 atom stereocenters. The maximum absolute atomic E-state index is 10.5. The molecule has 4 heteroatoms. The molecular weight excluding hydrogens is 252 g/mol. The first-order valence-electron chi connectivity index (χ1n) is 6.28. The van der Waals surface area contributed by atoms with Crippen molar-refractivity contribution in [2.45, 2.75) is 13.8 Å². The normalized spacial score (nSPS) is 9.90. The summed E-state index contributed by atoms with van der Waals surface area (Å²) in [7, 11) is 0. The summed E-state index contributed by atoms with van der Waals surface area (Å²) in [5.74, 6) is 0. The number of rotatable bonds is 5. The van der Waals surface area contributed by atoms with E-state index in [2.05, 4.69) is 10.6 Å². The minimum absolute atomic E-state index is 0.657.